The molecule has 2 aromatic heterocycles. The molecule has 4 N–H and O–H groups in total. The van der Waals surface area contributed by atoms with Gasteiger partial charge in [-0.3, -0.25) is 4.99 Å². The third-order valence-corrected chi connectivity index (χ3v) is 5.29. The van der Waals surface area contributed by atoms with Crippen LogP contribution in [-0.2, 0) is 11.2 Å². The highest BCUT2D eigenvalue weighted by atomic mass is 32.1. The molecule has 9 heteroatoms. The summed E-state index contributed by atoms with van der Waals surface area (Å²) < 4.78 is 4.84. The summed E-state index contributed by atoms with van der Waals surface area (Å²) in [6, 6.07) is 4.10. The SMILES string of the molecule is CCCCN=C(N)Nc1nc(-c2ccc(CCNC(=O)OCC)s2)cs1. The van der Waals surface area contributed by atoms with E-state index in [2.05, 4.69) is 33.6 Å². The molecule has 0 saturated carbocycles. The summed E-state index contributed by atoms with van der Waals surface area (Å²) in [6.07, 6.45) is 2.50. The Balaban J connectivity index is 1.86. The van der Waals surface area contributed by atoms with Crippen LogP contribution in [-0.4, -0.2) is 36.7 Å². The van der Waals surface area contributed by atoms with Gasteiger partial charge in [0.1, 0.15) is 0 Å². The lowest BCUT2D eigenvalue weighted by Gasteiger charge is -2.03. The minimum Gasteiger partial charge on any atom is -0.450 e. The molecule has 0 unspecified atom stereocenters. The van der Waals surface area contributed by atoms with Crippen LogP contribution in [0.15, 0.2) is 22.5 Å². The van der Waals surface area contributed by atoms with Gasteiger partial charge in [-0.25, -0.2) is 9.78 Å². The van der Waals surface area contributed by atoms with Crippen molar-refractivity contribution in [2.24, 2.45) is 10.7 Å². The van der Waals surface area contributed by atoms with Crippen molar-refractivity contribution in [3.63, 3.8) is 0 Å². The van der Waals surface area contributed by atoms with Crippen molar-refractivity contribution in [3.8, 4) is 10.6 Å². The molecule has 26 heavy (non-hydrogen) atoms. The maximum atomic E-state index is 11.3. The second kappa shape index (κ2) is 10.8. The Labute approximate surface area is 161 Å². The summed E-state index contributed by atoms with van der Waals surface area (Å²) in [5, 5.41) is 8.48. The molecular weight excluding hydrogens is 370 g/mol. The van der Waals surface area contributed by atoms with Gasteiger partial charge in [0.15, 0.2) is 11.1 Å². The van der Waals surface area contributed by atoms with Crippen molar-refractivity contribution < 1.29 is 9.53 Å². The number of amides is 1. The quantitative estimate of drug-likeness (QED) is 0.341. The van der Waals surface area contributed by atoms with Crippen LogP contribution >= 0.6 is 22.7 Å². The van der Waals surface area contributed by atoms with E-state index in [1.54, 1.807) is 18.3 Å². The standard InChI is InChI=1S/C17H25N5O2S2/c1-3-5-9-19-15(18)22-16-21-13(11-25-16)14-7-6-12(26-14)8-10-20-17(23)24-4-2/h6-7,11H,3-5,8-10H2,1-2H3,(H,20,23)(H3,18,19,21,22). The van der Waals surface area contributed by atoms with Crippen molar-refractivity contribution in [1.29, 1.82) is 0 Å². The molecule has 0 aliphatic carbocycles. The van der Waals surface area contributed by atoms with E-state index in [1.165, 1.54) is 16.2 Å². The van der Waals surface area contributed by atoms with E-state index >= 15 is 0 Å². The number of ether oxygens (including phenoxy) is 1. The maximum absolute atomic E-state index is 11.3. The lowest BCUT2D eigenvalue weighted by Crippen LogP contribution is -2.26. The number of thiazole rings is 1. The number of nitrogens with two attached hydrogens (primary N) is 1. The highest BCUT2D eigenvalue weighted by Crippen LogP contribution is 2.30. The molecule has 0 saturated heterocycles. The van der Waals surface area contributed by atoms with Crippen LogP contribution in [0.4, 0.5) is 9.93 Å². The van der Waals surface area contributed by atoms with Crippen LogP contribution in [0, 0.1) is 0 Å². The summed E-state index contributed by atoms with van der Waals surface area (Å²) >= 11 is 3.16. The average Bonchev–Trinajstić information content (AvgIpc) is 3.25. The van der Waals surface area contributed by atoms with Crippen molar-refractivity contribution in [2.75, 3.05) is 25.0 Å². The number of unbranched alkanes of at least 4 members (excludes halogenated alkanes) is 1. The highest BCUT2D eigenvalue weighted by Gasteiger charge is 2.09. The molecule has 0 atom stereocenters. The second-order valence-electron chi connectivity index (χ2n) is 5.45. The van der Waals surface area contributed by atoms with E-state index in [1.807, 2.05) is 11.4 Å². The van der Waals surface area contributed by atoms with Crippen molar-refractivity contribution in [2.45, 2.75) is 33.1 Å². The lowest BCUT2D eigenvalue weighted by molar-refractivity contribution is 0.152. The van der Waals surface area contributed by atoms with Crippen molar-refractivity contribution in [1.82, 2.24) is 10.3 Å². The Morgan fingerprint density at radius 2 is 2.23 bits per heavy atom. The fourth-order valence-electron chi connectivity index (χ4n) is 2.07. The van der Waals surface area contributed by atoms with E-state index in [9.17, 15) is 4.79 Å². The highest BCUT2D eigenvalue weighted by molar-refractivity contribution is 7.17. The third-order valence-electron chi connectivity index (χ3n) is 3.36. The first kappa shape index (κ1) is 20.2. The summed E-state index contributed by atoms with van der Waals surface area (Å²) in [4.78, 5) is 22.4. The predicted octanol–water partition coefficient (Wildman–Crippen LogP) is 3.69. The van der Waals surface area contributed by atoms with Gasteiger partial charge < -0.3 is 21.1 Å². The minimum atomic E-state index is -0.377. The topological polar surface area (TPSA) is 102 Å². The number of nitrogens with one attached hydrogen (secondary N) is 2. The Morgan fingerprint density at radius 3 is 3.00 bits per heavy atom. The van der Waals surface area contributed by atoms with E-state index in [4.69, 9.17) is 10.5 Å². The number of thiophene rings is 1. The molecule has 0 fully saturated rings. The number of aliphatic imine (C=N–C) groups is 1. The van der Waals surface area contributed by atoms with E-state index < -0.39 is 0 Å². The molecule has 0 aliphatic heterocycles. The Morgan fingerprint density at radius 1 is 1.38 bits per heavy atom. The zero-order valence-corrected chi connectivity index (χ0v) is 16.7. The van der Waals surface area contributed by atoms with Gasteiger partial charge in [-0.1, -0.05) is 13.3 Å². The molecule has 0 spiro atoms. The maximum Gasteiger partial charge on any atom is 0.407 e. The van der Waals surface area contributed by atoms with E-state index in [0.717, 1.165) is 41.5 Å². The number of rotatable bonds is 9. The van der Waals surface area contributed by atoms with Crippen LogP contribution in [0.2, 0.25) is 0 Å². The number of hydrogen-bond donors (Lipinski definition) is 3. The smallest absolute Gasteiger partial charge is 0.407 e. The van der Waals surface area contributed by atoms with Crippen LogP contribution in [0.1, 0.15) is 31.6 Å². The van der Waals surface area contributed by atoms with Crippen LogP contribution < -0.4 is 16.4 Å². The van der Waals surface area contributed by atoms with Gasteiger partial charge in [0.25, 0.3) is 0 Å². The number of aromatic nitrogens is 1. The molecular formula is C17H25N5O2S2. The molecule has 0 aromatic carbocycles. The molecule has 142 valence electrons. The predicted molar refractivity (Wildman–Crippen MR) is 109 cm³/mol. The van der Waals surface area contributed by atoms with E-state index in [0.29, 0.717) is 19.1 Å². The number of hydrogen-bond acceptors (Lipinski definition) is 6. The molecule has 1 amide bonds. The fraction of sp³-hybridized carbons (Fsp3) is 0.471. The van der Waals surface area contributed by atoms with Crippen molar-refractivity contribution >= 4 is 39.9 Å². The molecule has 2 rings (SSSR count). The molecule has 2 heterocycles. The van der Waals surface area contributed by atoms with Gasteiger partial charge in [-0.2, -0.15) is 0 Å². The van der Waals surface area contributed by atoms with Crippen molar-refractivity contribution in [3.05, 3.63) is 22.4 Å². The number of carbonyl (C=O) groups is 1. The summed E-state index contributed by atoms with van der Waals surface area (Å²) in [5.41, 5.74) is 6.77. The monoisotopic (exact) mass is 395 g/mol. The van der Waals surface area contributed by atoms with Gasteiger partial charge in [0, 0.05) is 23.3 Å². The summed E-state index contributed by atoms with van der Waals surface area (Å²) in [7, 11) is 0. The van der Waals surface area contributed by atoms with Crippen LogP contribution in [0.5, 0.6) is 0 Å². The summed E-state index contributed by atoms with van der Waals surface area (Å²) in [6.45, 7) is 5.55. The largest absolute Gasteiger partial charge is 0.450 e. The number of nitrogens with zero attached hydrogens (tertiary/aromatic N) is 2. The zero-order chi connectivity index (χ0) is 18.8. The zero-order valence-electron chi connectivity index (χ0n) is 15.1. The lowest BCUT2D eigenvalue weighted by atomic mass is 10.3. The first-order valence-electron chi connectivity index (χ1n) is 8.64. The van der Waals surface area contributed by atoms with Gasteiger partial charge in [-0.05, 0) is 31.9 Å². The second-order valence-corrected chi connectivity index (χ2v) is 7.47. The van der Waals surface area contributed by atoms with Crippen LogP contribution in [0.25, 0.3) is 10.6 Å². The number of anilines is 1. The number of carbonyl (C=O) groups excluding carboxylic acids is 1. The van der Waals surface area contributed by atoms with E-state index in [-0.39, 0.29) is 6.09 Å². The van der Waals surface area contributed by atoms with Gasteiger partial charge in [-0.15, -0.1) is 22.7 Å². The Hall–Kier alpha value is -2.13. The van der Waals surface area contributed by atoms with Gasteiger partial charge in [0.05, 0.1) is 17.2 Å². The Kier molecular flexibility index (Phi) is 8.36. The molecule has 2 aromatic rings. The third kappa shape index (κ3) is 6.64. The normalized spacial score (nSPS) is 11.4. The number of alkyl carbamates (subject to hydrolysis) is 1. The molecule has 0 radical (unpaired) electrons. The first-order valence-corrected chi connectivity index (χ1v) is 10.3. The Bertz CT molecular complexity index is 726. The molecule has 7 nitrogen and oxygen atoms in total. The van der Waals surface area contributed by atoms with Crippen LogP contribution in [0.3, 0.4) is 0 Å². The first-order chi connectivity index (χ1) is 12.6. The molecule has 0 bridgehead atoms. The average molecular weight is 396 g/mol. The molecule has 0 aliphatic rings. The van der Waals surface area contributed by atoms with Gasteiger partial charge >= 0.3 is 6.09 Å². The summed E-state index contributed by atoms with van der Waals surface area (Å²) in [5.74, 6) is 0.399. The number of guanidine groups is 1. The minimum absolute atomic E-state index is 0.377. The van der Waals surface area contributed by atoms with Gasteiger partial charge in [0.2, 0.25) is 0 Å². The fourth-order valence-corrected chi connectivity index (χ4v) is 3.83.